The summed E-state index contributed by atoms with van der Waals surface area (Å²) in [5.74, 6) is 0. The lowest BCUT2D eigenvalue weighted by Crippen LogP contribution is -2.34. The van der Waals surface area contributed by atoms with E-state index in [0.717, 1.165) is 11.0 Å². The van der Waals surface area contributed by atoms with Crippen molar-refractivity contribution in [2.75, 3.05) is 18.0 Å². The molecule has 1 aliphatic heterocycles. The molecule has 1 unspecified atom stereocenters. The van der Waals surface area contributed by atoms with Crippen molar-refractivity contribution in [3.8, 4) is 0 Å². The molecule has 0 radical (unpaired) electrons. The van der Waals surface area contributed by atoms with Crippen LogP contribution in [0.4, 0.5) is 5.69 Å². The van der Waals surface area contributed by atoms with Crippen LogP contribution >= 0.6 is 27.3 Å². The zero-order chi connectivity index (χ0) is 13.9. The van der Waals surface area contributed by atoms with Crippen molar-refractivity contribution in [2.24, 2.45) is 5.73 Å². The smallest absolute Gasteiger partial charge is 0.0757 e. The van der Waals surface area contributed by atoms with Crippen LogP contribution < -0.4 is 10.6 Å². The number of halogens is 1. The molecule has 2 heterocycles. The first kappa shape index (κ1) is 14.1. The number of benzene rings is 1. The SMILES string of the molecule is NCC(c1cc(Br)cs1)N1CCCCc2ccccc21. The first-order chi connectivity index (χ1) is 9.79. The maximum atomic E-state index is 6.10. The van der Waals surface area contributed by atoms with Crippen LogP contribution in [0.3, 0.4) is 0 Å². The van der Waals surface area contributed by atoms with Crippen LogP contribution in [0.15, 0.2) is 40.2 Å². The molecular formula is C16H19BrN2S. The van der Waals surface area contributed by atoms with Crippen LogP contribution in [0.2, 0.25) is 0 Å². The summed E-state index contributed by atoms with van der Waals surface area (Å²) in [7, 11) is 0. The van der Waals surface area contributed by atoms with Crippen LogP contribution in [0.25, 0.3) is 0 Å². The summed E-state index contributed by atoms with van der Waals surface area (Å²) in [4.78, 5) is 3.84. The highest BCUT2D eigenvalue weighted by molar-refractivity contribution is 9.10. The monoisotopic (exact) mass is 350 g/mol. The molecule has 2 nitrogen and oxygen atoms in total. The normalized spacial score (nSPS) is 16.6. The van der Waals surface area contributed by atoms with Crippen LogP contribution in [0.1, 0.15) is 29.3 Å². The molecule has 20 heavy (non-hydrogen) atoms. The van der Waals surface area contributed by atoms with Crippen LogP contribution in [-0.2, 0) is 6.42 Å². The molecule has 1 atom stereocenters. The fourth-order valence-corrected chi connectivity index (χ4v) is 4.51. The Morgan fingerprint density at radius 1 is 1.30 bits per heavy atom. The Labute approximate surface area is 132 Å². The third kappa shape index (κ3) is 2.78. The van der Waals surface area contributed by atoms with Gasteiger partial charge >= 0.3 is 0 Å². The lowest BCUT2D eigenvalue weighted by atomic mass is 10.1. The predicted molar refractivity (Wildman–Crippen MR) is 90.5 cm³/mol. The van der Waals surface area contributed by atoms with E-state index >= 15 is 0 Å². The van der Waals surface area contributed by atoms with Gasteiger partial charge in [0, 0.05) is 33.5 Å². The second kappa shape index (κ2) is 6.29. The van der Waals surface area contributed by atoms with Crippen LogP contribution in [-0.4, -0.2) is 13.1 Å². The van der Waals surface area contributed by atoms with Gasteiger partial charge in [0.05, 0.1) is 6.04 Å². The molecule has 106 valence electrons. The van der Waals surface area contributed by atoms with E-state index in [-0.39, 0.29) is 6.04 Å². The van der Waals surface area contributed by atoms with E-state index in [1.165, 1.54) is 35.4 Å². The fraction of sp³-hybridized carbons (Fsp3) is 0.375. The number of nitrogens with two attached hydrogens (primary N) is 1. The van der Waals surface area contributed by atoms with Gasteiger partial charge in [0.1, 0.15) is 0 Å². The second-order valence-electron chi connectivity index (χ2n) is 5.20. The maximum Gasteiger partial charge on any atom is 0.0757 e. The number of para-hydroxylation sites is 1. The summed E-state index contributed by atoms with van der Waals surface area (Å²) in [5, 5.41) is 2.14. The quantitative estimate of drug-likeness (QED) is 0.891. The van der Waals surface area contributed by atoms with E-state index in [2.05, 4.69) is 56.5 Å². The molecule has 0 aliphatic carbocycles. The van der Waals surface area contributed by atoms with E-state index in [0.29, 0.717) is 6.54 Å². The third-order valence-electron chi connectivity index (χ3n) is 3.91. The van der Waals surface area contributed by atoms with Gasteiger partial charge in [-0.2, -0.15) is 0 Å². The van der Waals surface area contributed by atoms with Gasteiger partial charge in [-0.25, -0.2) is 0 Å². The number of nitrogens with zero attached hydrogens (tertiary/aromatic N) is 1. The zero-order valence-corrected chi connectivity index (χ0v) is 13.8. The zero-order valence-electron chi connectivity index (χ0n) is 11.4. The van der Waals surface area contributed by atoms with Crippen molar-refractivity contribution in [1.82, 2.24) is 0 Å². The number of anilines is 1. The molecule has 0 amide bonds. The number of rotatable bonds is 3. The summed E-state index contributed by atoms with van der Waals surface area (Å²) in [5.41, 5.74) is 8.93. The number of thiophene rings is 1. The van der Waals surface area contributed by atoms with Gasteiger partial charge in [-0.05, 0) is 52.9 Å². The number of aryl methyl sites for hydroxylation is 1. The molecule has 4 heteroatoms. The molecule has 1 aliphatic rings. The van der Waals surface area contributed by atoms with Crippen molar-refractivity contribution in [2.45, 2.75) is 25.3 Å². The van der Waals surface area contributed by atoms with Crippen molar-refractivity contribution >= 4 is 33.0 Å². The lowest BCUT2D eigenvalue weighted by Gasteiger charge is -2.32. The van der Waals surface area contributed by atoms with E-state index in [1.54, 1.807) is 11.3 Å². The average molecular weight is 351 g/mol. The van der Waals surface area contributed by atoms with Crippen molar-refractivity contribution in [3.63, 3.8) is 0 Å². The Morgan fingerprint density at radius 3 is 2.90 bits per heavy atom. The average Bonchev–Trinajstić information content (AvgIpc) is 2.78. The highest BCUT2D eigenvalue weighted by Gasteiger charge is 2.24. The summed E-state index contributed by atoms with van der Waals surface area (Å²) < 4.78 is 1.15. The van der Waals surface area contributed by atoms with Gasteiger partial charge in [-0.15, -0.1) is 11.3 Å². The predicted octanol–water partition coefficient (Wildman–Crippen LogP) is 4.35. The van der Waals surface area contributed by atoms with Crippen molar-refractivity contribution < 1.29 is 0 Å². The molecular weight excluding hydrogens is 332 g/mol. The lowest BCUT2D eigenvalue weighted by molar-refractivity contribution is 0.618. The van der Waals surface area contributed by atoms with E-state index < -0.39 is 0 Å². The fourth-order valence-electron chi connectivity index (χ4n) is 2.94. The summed E-state index contributed by atoms with van der Waals surface area (Å²) in [6, 6.07) is 11.3. The van der Waals surface area contributed by atoms with Gasteiger partial charge in [-0.3, -0.25) is 0 Å². The topological polar surface area (TPSA) is 29.3 Å². The highest BCUT2D eigenvalue weighted by atomic mass is 79.9. The molecule has 0 saturated heterocycles. The van der Waals surface area contributed by atoms with E-state index in [9.17, 15) is 0 Å². The van der Waals surface area contributed by atoms with Gasteiger partial charge < -0.3 is 10.6 Å². The first-order valence-corrected chi connectivity index (χ1v) is 8.75. The standard InChI is InChI=1S/C16H19BrN2S/c17-13-9-16(20-11-13)15(10-18)19-8-4-3-6-12-5-1-2-7-14(12)19/h1-2,5,7,9,11,15H,3-4,6,8,10,18H2. The van der Waals surface area contributed by atoms with Gasteiger partial charge in [0.25, 0.3) is 0 Å². The second-order valence-corrected chi connectivity index (χ2v) is 7.06. The number of hydrogen-bond acceptors (Lipinski definition) is 3. The maximum absolute atomic E-state index is 6.10. The first-order valence-electron chi connectivity index (χ1n) is 7.08. The Balaban J connectivity index is 1.99. The molecule has 0 saturated carbocycles. The molecule has 2 N–H and O–H groups in total. The Bertz CT molecular complexity index is 581. The van der Waals surface area contributed by atoms with Crippen LogP contribution in [0.5, 0.6) is 0 Å². The Morgan fingerprint density at radius 2 is 2.15 bits per heavy atom. The van der Waals surface area contributed by atoms with Crippen molar-refractivity contribution in [3.05, 3.63) is 50.6 Å². The van der Waals surface area contributed by atoms with Gasteiger partial charge in [0.15, 0.2) is 0 Å². The van der Waals surface area contributed by atoms with E-state index in [4.69, 9.17) is 5.73 Å². The minimum absolute atomic E-state index is 0.283. The molecule has 0 fully saturated rings. The summed E-state index contributed by atoms with van der Waals surface area (Å²) >= 11 is 5.34. The Hall–Kier alpha value is -0.840. The van der Waals surface area contributed by atoms with Crippen LogP contribution in [0, 0.1) is 0 Å². The molecule has 1 aromatic carbocycles. The Kier molecular flexibility index (Phi) is 4.44. The molecule has 0 spiro atoms. The summed E-state index contributed by atoms with van der Waals surface area (Å²) in [6.07, 6.45) is 3.68. The molecule has 0 bridgehead atoms. The molecule has 2 aromatic rings. The minimum Gasteiger partial charge on any atom is -0.362 e. The van der Waals surface area contributed by atoms with Gasteiger partial charge in [0.2, 0.25) is 0 Å². The molecule has 3 rings (SSSR count). The minimum atomic E-state index is 0.283. The molecule has 1 aromatic heterocycles. The number of hydrogen-bond donors (Lipinski definition) is 1. The third-order valence-corrected chi connectivity index (χ3v) is 5.71. The summed E-state index contributed by atoms with van der Waals surface area (Å²) in [6.45, 7) is 1.75. The van der Waals surface area contributed by atoms with Gasteiger partial charge in [-0.1, -0.05) is 18.2 Å². The van der Waals surface area contributed by atoms with E-state index in [1.807, 2.05) is 0 Å². The van der Waals surface area contributed by atoms with Crippen molar-refractivity contribution in [1.29, 1.82) is 0 Å². The highest BCUT2D eigenvalue weighted by Crippen LogP contribution is 2.35. The number of fused-ring (bicyclic) bond motifs is 1. The largest absolute Gasteiger partial charge is 0.362 e.